The normalized spacial score (nSPS) is 31.9. The van der Waals surface area contributed by atoms with Gasteiger partial charge < -0.3 is 19.3 Å². The molecule has 1 heterocycles. The van der Waals surface area contributed by atoms with Crippen molar-refractivity contribution in [2.24, 2.45) is 5.41 Å². The first-order valence-electron chi connectivity index (χ1n) is 6.40. The number of methoxy groups -OCH3 is 2. The fraction of sp³-hybridized carbons (Fsp3) is 0.857. The first-order chi connectivity index (χ1) is 8.37. The number of hydrogen-bond donors (Lipinski definition) is 1. The van der Waals surface area contributed by atoms with Crippen molar-refractivity contribution >= 4 is 0 Å². The quantitative estimate of drug-likeness (QED) is 0.781. The van der Waals surface area contributed by atoms with Gasteiger partial charge in [0.1, 0.15) is 12.2 Å². The van der Waals surface area contributed by atoms with E-state index in [1.54, 1.807) is 14.2 Å². The average Bonchev–Trinajstić information content (AvgIpc) is 2.23. The summed E-state index contributed by atoms with van der Waals surface area (Å²) in [6.45, 7) is 7.32. The highest BCUT2D eigenvalue weighted by Gasteiger charge is 2.33. The molecule has 0 aliphatic carbocycles. The second-order valence-corrected chi connectivity index (χ2v) is 5.93. The summed E-state index contributed by atoms with van der Waals surface area (Å²) in [5.41, 5.74) is 1.18. The molecule has 1 saturated heterocycles. The molecule has 3 atom stereocenters. The lowest BCUT2D eigenvalue weighted by Gasteiger charge is -2.36. The largest absolute Gasteiger partial charge is 0.390 e. The third-order valence-corrected chi connectivity index (χ3v) is 2.89. The van der Waals surface area contributed by atoms with E-state index >= 15 is 0 Å². The van der Waals surface area contributed by atoms with Crippen molar-refractivity contribution in [3.8, 4) is 0 Å². The Hall–Kier alpha value is -0.420. The van der Waals surface area contributed by atoms with Gasteiger partial charge in [-0.1, -0.05) is 26.8 Å². The Balaban J connectivity index is 2.81. The molecule has 0 aromatic rings. The van der Waals surface area contributed by atoms with Crippen LogP contribution in [0.1, 0.15) is 27.2 Å². The van der Waals surface area contributed by atoms with Crippen LogP contribution >= 0.6 is 0 Å². The zero-order valence-corrected chi connectivity index (χ0v) is 12.1. The molecule has 0 amide bonds. The summed E-state index contributed by atoms with van der Waals surface area (Å²) in [7, 11) is 3.27. The van der Waals surface area contributed by atoms with E-state index in [2.05, 4.69) is 26.8 Å². The maximum absolute atomic E-state index is 10.1. The maximum Gasteiger partial charge on any atom is 0.108 e. The minimum Gasteiger partial charge on any atom is -0.390 e. The van der Waals surface area contributed by atoms with Crippen LogP contribution in [0.25, 0.3) is 0 Å². The average molecular weight is 258 g/mol. The standard InChI is InChI=1S/C14H26O4/c1-14(2,3)7-10-6-11(15)13(9-17-5)18-12(10)8-16-4/h7,11-13,15H,6,8-9H2,1-5H3/b10-7-. The summed E-state index contributed by atoms with van der Waals surface area (Å²) < 4.78 is 16.1. The molecule has 0 saturated carbocycles. The van der Waals surface area contributed by atoms with Crippen LogP contribution in [-0.4, -0.2) is 50.9 Å². The Kier molecular flexibility index (Phi) is 5.79. The van der Waals surface area contributed by atoms with Crippen molar-refractivity contribution in [2.75, 3.05) is 27.4 Å². The zero-order chi connectivity index (χ0) is 13.8. The van der Waals surface area contributed by atoms with Gasteiger partial charge in [-0.3, -0.25) is 0 Å². The van der Waals surface area contributed by atoms with Gasteiger partial charge in [0.05, 0.1) is 19.3 Å². The van der Waals surface area contributed by atoms with Gasteiger partial charge in [0.15, 0.2) is 0 Å². The van der Waals surface area contributed by atoms with Crippen molar-refractivity contribution in [1.29, 1.82) is 0 Å². The highest BCUT2D eigenvalue weighted by atomic mass is 16.6. The predicted octanol–water partition coefficient (Wildman–Crippen LogP) is 1.77. The van der Waals surface area contributed by atoms with E-state index in [9.17, 15) is 5.11 Å². The van der Waals surface area contributed by atoms with Crippen LogP contribution in [0, 0.1) is 5.41 Å². The van der Waals surface area contributed by atoms with E-state index in [0.717, 1.165) is 5.57 Å². The smallest absolute Gasteiger partial charge is 0.108 e. The summed E-state index contributed by atoms with van der Waals surface area (Å²) in [6, 6.07) is 0. The van der Waals surface area contributed by atoms with E-state index in [-0.39, 0.29) is 17.6 Å². The zero-order valence-electron chi connectivity index (χ0n) is 12.1. The maximum atomic E-state index is 10.1. The van der Waals surface area contributed by atoms with E-state index in [1.165, 1.54) is 0 Å². The van der Waals surface area contributed by atoms with E-state index in [1.807, 2.05) is 0 Å². The lowest BCUT2D eigenvalue weighted by Crippen LogP contribution is -2.44. The van der Waals surface area contributed by atoms with E-state index < -0.39 is 6.10 Å². The van der Waals surface area contributed by atoms with Gasteiger partial charge in [-0.25, -0.2) is 0 Å². The molecule has 0 radical (unpaired) electrons. The molecule has 3 unspecified atom stereocenters. The minimum atomic E-state index is -0.508. The van der Waals surface area contributed by atoms with Gasteiger partial charge in [-0.2, -0.15) is 0 Å². The van der Waals surface area contributed by atoms with Gasteiger partial charge in [-0.05, 0) is 17.4 Å². The Morgan fingerprint density at radius 2 is 1.89 bits per heavy atom. The minimum absolute atomic E-state index is 0.0680. The van der Waals surface area contributed by atoms with Crippen molar-refractivity contribution in [3.63, 3.8) is 0 Å². The van der Waals surface area contributed by atoms with Crippen LogP contribution in [0.2, 0.25) is 0 Å². The monoisotopic (exact) mass is 258 g/mol. The fourth-order valence-corrected chi connectivity index (χ4v) is 2.21. The summed E-state index contributed by atoms with van der Waals surface area (Å²) in [5.74, 6) is 0. The lowest BCUT2D eigenvalue weighted by molar-refractivity contribution is -0.129. The molecule has 0 bridgehead atoms. The van der Waals surface area contributed by atoms with Crippen molar-refractivity contribution < 1.29 is 19.3 Å². The molecule has 1 aliphatic heterocycles. The first-order valence-corrected chi connectivity index (χ1v) is 6.40. The Morgan fingerprint density at radius 1 is 1.28 bits per heavy atom. The van der Waals surface area contributed by atoms with Crippen LogP contribution in [0.4, 0.5) is 0 Å². The molecule has 1 N–H and O–H groups in total. The highest BCUT2D eigenvalue weighted by molar-refractivity contribution is 5.16. The van der Waals surface area contributed by atoms with Gasteiger partial charge >= 0.3 is 0 Å². The Bertz CT molecular complexity index is 280. The predicted molar refractivity (Wildman–Crippen MR) is 70.6 cm³/mol. The molecule has 1 rings (SSSR count). The molecule has 0 aromatic carbocycles. The number of aliphatic hydroxyl groups is 1. The summed E-state index contributed by atoms with van der Waals surface area (Å²) in [6.07, 6.45) is 1.93. The van der Waals surface area contributed by atoms with E-state index in [0.29, 0.717) is 19.6 Å². The summed E-state index contributed by atoms with van der Waals surface area (Å²) >= 11 is 0. The molecular weight excluding hydrogens is 232 g/mol. The van der Waals surface area contributed by atoms with Crippen LogP contribution in [-0.2, 0) is 14.2 Å². The van der Waals surface area contributed by atoms with Gasteiger partial charge in [0.25, 0.3) is 0 Å². The lowest BCUT2D eigenvalue weighted by atomic mass is 9.87. The van der Waals surface area contributed by atoms with Crippen molar-refractivity contribution in [1.82, 2.24) is 0 Å². The summed E-state index contributed by atoms with van der Waals surface area (Å²) in [5, 5.41) is 10.1. The topological polar surface area (TPSA) is 47.9 Å². The third-order valence-electron chi connectivity index (χ3n) is 2.89. The molecule has 106 valence electrons. The van der Waals surface area contributed by atoms with Crippen LogP contribution in [0.3, 0.4) is 0 Å². The van der Waals surface area contributed by atoms with Gasteiger partial charge in [0.2, 0.25) is 0 Å². The molecular formula is C14H26O4. The molecule has 1 aliphatic rings. The first kappa shape index (κ1) is 15.6. The number of hydrogen-bond acceptors (Lipinski definition) is 4. The number of allylic oxidation sites excluding steroid dienone is 1. The molecule has 1 fully saturated rings. The molecule has 4 nitrogen and oxygen atoms in total. The molecule has 18 heavy (non-hydrogen) atoms. The van der Waals surface area contributed by atoms with Crippen LogP contribution in [0.5, 0.6) is 0 Å². The Labute approximate surface area is 110 Å². The fourth-order valence-electron chi connectivity index (χ4n) is 2.21. The highest BCUT2D eigenvalue weighted by Crippen LogP contribution is 2.29. The van der Waals surface area contributed by atoms with Gasteiger partial charge in [0, 0.05) is 14.2 Å². The molecule has 0 spiro atoms. The number of rotatable bonds is 4. The van der Waals surface area contributed by atoms with Gasteiger partial charge in [-0.15, -0.1) is 0 Å². The van der Waals surface area contributed by atoms with Crippen molar-refractivity contribution in [3.05, 3.63) is 11.6 Å². The van der Waals surface area contributed by atoms with Crippen molar-refractivity contribution in [2.45, 2.75) is 45.5 Å². The second kappa shape index (κ2) is 6.66. The molecule has 0 aromatic heterocycles. The Morgan fingerprint density at radius 3 is 2.39 bits per heavy atom. The van der Waals surface area contributed by atoms with Crippen LogP contribution < -0.4 is 0 Å². The summed E-state index contributed by atoms with van der Waals surface area (Å²) in [4.78, 5) is 0. The third kappa shape index (κ3) is 4.69. The van der Waals surface area contributed by atoms with Crippen LogP contribution in [0.15, 0.2) is 11.6 Å². The van der Waals surface area contributed by atoms with E-state index in [4.69, 9.17) is 14.2 Å². The number of aliphatic hydroxyl groups excluding tert-OH is 1. The second-order valence-electron chi connectivity index (χ2n) is 5.93. The number of ether oxygens (including phenoxy) is 3. The molecule has 4 heteroatoms. The SMILES string of the molecule is COCC1OC(COC)C(O)C/C1=C/C(C)(C)C.